The molecule has 0 fully saturated rings. The third-order valence-electron chi connectivity index (χ3n) is 12.5. The molecule has 0 N–H and O–H groups in total. The molecule has 0 aliphatic carbocycles. The molecule has 62 heavy (non-hydrogen) atoms. The Morgan fingerprint density at radius 3 is 1.65 bits per heavy atom. The van der Waals surface area contributed by atoms with E-state index in [4.69, 9.17) is 4.42 Å². The average Bonchev–Trinajstić information content (AvgIpc) is 3.74. The molecule has 0 radical (unpaired) electrons. The van der Waals surface area contributed by atoms with E-state index in [9.17, 15) is 0 Å². The first-order valence-corrected chi connectivity index (χ1v) is 21.2. The maximum absolute atomic E-state index is 6.50. The Morgan fingerprint density at radius 1 is 0.290 bits per heavy atom. The molecule has 1 heterocycles. The minimum Gasteiger partial charge on any atom is -0.455 e. The van der Waals surface area contributed by atoms with E-state index in [0.717, 1.165) is 50.1 Å². The first kappa shape index (κ1) is 35.7. The second kappa shape index (κ2) is 14.8. The van der Waals surface area contributed by atoms with Crippen LogP contribution in [0, 0.1) is 0 Å². The zero-order chi connectivity index (χ0) is 41.0. The van der Waals surface area contributed by atoms with E-state index in [1.54, 1.807) is 0 Å². The second-order valence-electron chi connectivity index (χ2n) is 16.0. The van der Waals surface area contributed by atoms with E-state index in [2.05, 4.69) is 229 Å². The van der Waals surface area contributed by atoms with Gasteiger partial charge in [-0.25, -0.2) is 0 Å². The SMILES string of the molecule is c1ccc(-c2ccc(N(c3ccc(-c4cccc5c4oc4ccccc45)cc3)c3cccc(-c4ccc5ccccc5c4)c3-c3cc4ccccc4c4ccccc34)cc2)cc1. The summed E-state index contributed by atoms with van der Waals surface area (Å²) in [7, 11) is 0. The molecule has 12 aromatic rings. The molecule has 2 heteroatoms. The van der Waals surface area contributed by atoms with Gasteiger partial charge in [-0.05, 0) is 114 Å². The van der Waals surface area contributed by atoms with Crippen molar-refractivity contribution in [2.75, 3.05) is 4.90 Å². The lowest BCUT2D eigenvalue weighted by molar-refractivity contribution is 0.670. The Balaban J connectivity index is 1.11. The van der Waals surface area contributed by atoms with Crippen molar-refractivity contribution in [2.45, 2.75) is 0 Å². The van der Waals surface area contributed by atoms with Crippen LogP contribution >= 0.6 is 0 Å². The van der Waals surface area contributed by atoms with Crippen molar-refractivity contribution in [3.05, 3.63) is 237 Å². The fourth-order valence-electron chi connectivity index (χ4n) is 9.49. The topological polar surface area (TPSA) is 16.4 Å². The van der Waals surface area contributed by atoms with E-state index < -0.39 is 0 Å². The Bertz CT molecular complexity index is 3620. The lowest BCUT2D eigenvalue weighted by Gasteiger charge is -2.30. The van der Waals surface area contributed by atoms with Crippen molar-refractivity contribution in [1.29, 1.82) is 0 Å². The summed E-state index contributed by atoms with van der Waals surface area (Å²) in [6.07, 6.45) is 0. The molecule has 12 rings (SSSR count). The zero-order valence-corrected chi connectivity index (χ0v) is 33.9. The summed E-state index contributed by atoms with van der Waals surface area (Å²) in [6.45, 7) is 0. The molecule has 1 aromatic heterocycles. The molecule has 11 aromatic carbocycles. The summed E-state index contributed by atoms with van der Waals surface area (Å²) in [5.74, 6) is 0. The molecule has 0 saturated heterocycles. The van der Waals surface area contributed by atoms with E-state index >= 15 is 0 Å². The molecule has 0 aliphatic heterocycles. The molecule has 0 amide bonds. The minimum atomic E-state index is 0.900. The third-order valence-corrected chi connectivity index (χ3v) is 12.5. The largest absolute Gasteiger partial charge is 0.455 e. The van der Waals surface area contributed by atoms with Crippen LogP contribution in [0.3, 0.4) is 0 Å². The zero-order valence-electron chi connectivity index (χ0n) is 33.9. The van der Waals surface area contributed by atoms with Crippen molar-refractivity contribution in [3.8, 4) is 44.5 Å². The van der Waals surface area contributed by atoms with Crippen molar-refractivity contribution in [3.63, 3.8) is 0 Å². The summed E-state index contributed by atoms with van der Waals surface area (Å²) in [4.78, 5) is 2.43. The molecule has 0 bridgehead atoms. The standard InChI is InChI=1S/C60H39NO/c1-2-14-40(15-3-1)42-30-34-47(35-31-42)61(48-36-32-43(33-37-48)51-24-12-25-55-54-22-10-11-27-58(54)62-60(51)55)57-26-13-23-50(46-29-28-41-16-4-5-17-44(41)38-46)59(57)56-39-45-18-6-7-19-49(45)52-20-8-9-21-53(52)56/h1-39H. The van der Waals surface area contributed by atoms with Crippen LogP contribution in [0.5, 0.6) is 0 Å². The van der Waals surface area contributed by atoms with Gasteiger partial charge in [-0.2, -0.15) is 0 Å². The highest BCUT2D eigenvalue weighted by atomic mass is 16.3. The maximum Gasteiger partial charge on any atom is 0.143 e. The van der Waals surface area contributed by atoms with Gasteiger partial charge in [-0.15, -0.1) is 0 Å². The molecule has 0 atom stereocenters. The number of para-hydroxylation sites is 2. The molecular weight excluding hydrogens is 751 g/mol. The van der Waals surface area contributed by atoms with Crippen molar-refractivity contribution in [1.82, 2.24) is 0 Å². The number of hydrogen-bond donors (Lipinski definition) is 0. The Labute approximate surface area is 360 Å². The molecule has 290 valence electrons. The van der Waals surface area contributed by atoms with E-state index in [1.807, 2.05) is 12.1 Å². The fraction of sp³-hybridized carbons (Fsp3) is 0. The van der Waals surface area contributed by atoms with Gasteiger partial charge in [0.05, 0.1) is 5.69 Å². The maximum atomic E-state index is 6.50. The van der Waals surface area contributed by atoms with Crippen molar-refractivity contribution >= 4 is 71.3 Å². The van der Waals surface area contributed by atoms with Crippen molar-refractivity contribution in [2.24, 2.45) is 0 Å². The molecule has 0 aliphatic rings. The summed E-state index contributed by atoms with van der Waals surface area (Å²) in [5, 5.41) is 9.61. The highest BCUT2D eigenvalue weighted by Crippen LogP contribution is 2.49. The quantitative estimate of drug-likeness (QED) is 0.150. The predicted molar refractivity (Wildman–Crippen MR) is 263 cm³/mol. The van der Waals surface area contributed by atoms with E-state index in [-0.39, 0.29) is 0 Å². The first-order valence-electron chi connectivity index (χ1n) is 21.2. The molecule has 0 spiro atoms. The van der Waals surface area contributed by atoms with Gasteiger partial charge in [0.15, 0.2) is 0 Å². The number of fused-ring (bicyclic) bond motifs is 7. The van der Waals surface area contributed by atoms with Crippen LogP contribution < -0.4 is 4.90 Å². The van der Waals surface area contributed by atoms with E-state index in [1.165, 1.54) is 65.7 Å². The second-order valence-corrected chi connectivity index (χ2v) is 16.0. The van der Waals surface area contributed by atoms with E-state index in [0.29, 0.717) is 0 Å². The smallest absolute Gasteiger partial charge is 0.143 e. The van der Waals surface area contributed by atoms with Gasteiger partial charge < -0.3 is 9.32 Å². The monoisotopic (exact) mass is 789 g/mol. The lowest BCUT2D eigenvalue weighted by Crippen LogP contribution is -2.12. The van der Waals surface area contributed by atoms with Gasteiger partial charge in [0.2, 0.25) is 0 Å². The number of anilines is 3. The molecule has 0 saturated carbocycles. The Morgan fingerprint density at radius 2 is 0.855 bits per heavy atom. The number of benzene rings is 11. The number of rotatable bonds is 7. The van der Waals surface area contributed by atoms with Gasteiger partial charge in [-0.3, -0.25) is 0 Å². The summed E-state index contributed by atoms with van der Waals surface area (Å²) in [6, 6.07) is 85.7. The van der Waals surface area contributed by atoms with Crippen LogP contribution in [-0.2, 0) is 0 Å². The lowest BCUT2D eigenvalue weighted by atomic mass is 9.87. The van der Waals surface area contributed by atoms with Crippen LogP contribution in [0.4, 0.5) is 17.1 Å². The fourth-order valence-corrected chi connectivity index (χ4v) is 9.49. The van der Waals surface area contributed by atoms with Gasteiger partial charge >= 0.3 is 0 Å². The third kappa shape index (κ3) is 6.04. The van der Waals surface area contributed by atoms with Gasteiger partial charge in [-0.1, -0.05) is 188 Å². The van der Waals surface area contributed by atoms with Gasteiger partial charge in [0, 0.05) is 33.3 Å². The number of hydrogen-bond acceptors (Lipinski definition) is 2. The summed E-state index contributed by atoms with van der Waals surface area (Å²) in [5.41, 5.74) is 14.3. The number of nitrogens with zero attached hydrogens (tertiary/aromatic N) is 1. The van der Waals surface area contributed by atoms with Crippen LogP contribution in [0.1, 0.15) is 0 Å². The molecular formula is C60H39NO. The van der Waals surface area contributed by atoms with Gasteiger partial charge in [0.25, 0.3) is 0 Å². The average molecular weight is 790 g/mol. The minimum absolute atomic E-state index is 0.900. The van der Waals surface area contributed by atoms with Crippen LogP contribution in [-0.4, -0.2) is 0 Å². The van der Waals surface area contributed by atoms with Gasteiger partial charge in [0.1, 0.15) is 11.2 Å². The summed E-state index contributed by atoms with van der Waals surface area (Å²) < 4.78 is 6.50. The normalized spacial score (nSPS) is 11.5. The first-order chi connectivity index (χ1) is 30.7. The molecule has 2 nitrogen and oxygen atoms in total. The summed E-state index contributed by atoms with van der Waals surface area (Å²) >= 11 is 0. The van der Waals surface area contributed by atoms with Crippen molar-refractivity contribution < 1.29 is 4.42 Å². The predicted octanol–water partition coefficient (Wildman–Crippen LogP) is 17.2. The highest BCUT2D eigenvalue weighted by Gasteiger charge is 2.23. The Kier molecular flexibility index (Phi) is 8.53. The van der Waals surface area contributed by atoms with Crippen LogP contribution in [0.2, 0.25) is 0 Å². The van der Waals surface area contributed by atoms with Crippen LogP contribution in [0.15, 0.2) is 241 Å². The molecule has 0 unspecified atom stereocenters. The Hall–Kier alpha value is -8.20. The number of furan rings is 1. The van der Waals surface area contributed by atoms with Crippen LogP contribution in [0.25, 0.3) is 98.8 Å². The highest BCUT2D eigenvalue weighted by molar-refractivity contribution is 6.17.